The molecule has 3 N–H and O–H groups in total. The van der Waals surface area contributed by atoms with E-state index in [1.165, 1.54) is 16.7 Å². The van der Waals surface area contributed by atoms with Crippen molar-refractivity contribution in [1.29, 1.82) is 0 Å². The number of rotatable bonds is 10. The molecule has 0 aliphatic carbocycles. The Balaban J connectivity index is 2.12. The van der Waals surface area contributed by atoms with Crippen molar-refractivity contribution in [1.82, 2.24) is 15.6 Å². The number of carboxylic acids is 1. The third-order valence-electron chi connectivity index (χ3n) is 2.81. The Hall–Kier alpha value is -1.96. The van der Waals surface area contributed by atoms with E-state index in [-0.39, 0.29) is 17.5 Å². The highest BCUT2D eigenvalue weighted by Crippen LogP contribution is 2.09. The van der Waals surface area contributed by atoms with Crippen LogP contribution in [0.5, 0.6) is 0 Å². The predicted octanol–water partition coefficient (Wildman–Crippen LogP) is 1.20. The Morgan fingerprint density at radius 2 is 1.82 bits per heavy atom. The van der Waals surface area contributed by atoms with Crippen LogP contribution in [-0.2, 0) is 16.0 Å². The predicted molar refractivity (Wildman–Crippen MR) is 82.9 cm³/mol. The van der Waals surface area contributed by atoms with Gasteiger partial charge in [0, 0.05) is 37.7 Å². The Bertz CT molecular complexity index is 516. The summed E-state index contributed by atoms with van der Waals surface area (Å²) in [7, 11) is 0. The van der Waals surface area contributed by atoms with Gasteiger partial charge in [-0.1, -0.05) is 6.92 Å². The Kier molecular flexibility index (Phi) is 8.13. The van der Waals surface area contributed by atoms with Crippen LogP contribution in [0.2, 0.25) is 0 Å². The number of thiazole rings is 1. The minimum absolute atomic E-state index is 0.0290. The molecule has 0 aliphatic heterocycles. The third kappa shape index (κ3) is 7.16. The van der Waals surface area contributed by atoms with Gasteiger partial charge in [-0.25, -0.2) is 9.78 Å². The fraction of sp³-hybridized carbons (Fsp3) is 0.571. The van der Waals surface area contributed by atoms with Crippen molar-refractivity contribution in [2.45, 2.75) is 39.0 Å². The standard InChI is InChI=1S/C14H21N3O4S/c1-2-7-15-11(18)4-3-5-12(19)16-8-6-13-17-10(9-22-13)14(20)21/h9H,2-8H2,1H3,(H,15,18)(H,16,19)(H,20,21). The maximum atomic E-state index is 11.6. The summed E-state index contributed by atoms with van der Waals surface area (Å²) in [5.41, 5.74) is 0.0319. The Morgan fingerprint density at radius 1 is 1.18 bits per heavy atom. The molecule has 0 atom stereocenters. The van der Waals surface area contributed by atoms with Crippen molar-refractivity contribution in [2.24, 2.45) is 0 Å². The monoisotopic (exact) mass is 327 g/mol. The number of aromatic carboxylic acids is 1. The molecular formula is C14H21N3O4S. The van der Waals surface area contributed by atoms with E-state index in [1.54, 1.807) is 0 Å². The molecule has 8 heteroatoms. The lowest BCUT2D eigenvalue weighted by Crippen LogP contribution is -2.27. The Morgan fingerprint density at radius 3 is 2.36 bits per heavy atom. The zero-order chi connectivity index (χ0) is 16.4. The number of carboxylic acid groups (broad SMARTS) is 1. The number of nitrogens with zero attached hydrogens (tertiary/aromatic N) is 1. The van der Waals surface area contributed by atoms with E-state index < -0.39 is 5.97 Å². The maximum Gasteiger partial charge on any atom is 0.355 e. The maximum absolute atomic E-state index is 11.6. The molecule has 0 spiro atoms. The summed E-state index contributed by atoms with van der Waals surface area (Å²) in [4.78, 5) is 37.5. The lowest BCUT2D eigenvalue weighted by Gasteiger charge is -2.05. The van der Waals surface area contributed by atoms with Gasteiger partial charge in [-0.2, -0.15) is 0 Å². The summed E-state index contributed by atoms with van der Waals surface area (Å²) >= 11 is 1.26. The molecule has 0 bridgehead atoms. The van der Waals surface area contributed by atoms with E-state index in [0.717, 1.165) is 6.42 Å². The van der Waals surface area contributed by atoms with E-state index in [1.807, 2.05) is 6.92 Å². The summed E-state index contributed by atoms with van der Waals surface area (Å²) in [5, 5.41) is 16.4. The lowest BCUT2D eigenvalue weighted by atomic mass is 10.2. The molecule has 122 valence electrons. The smallest absolute Gasteiger partial charge is 0.355 e. The number of nitrogens with one attached hydrogen (secondary N) is 2. The minimum atomic E-state index is -1.05. The summed E-state index contributed by atoms with van der Waals surface area (Å²) < 4.78 is 0. The number of carbonyl (C=O) groups is 3. The average molecular weight is 327 g/mol. The number of hydrogen-bond acceptors (Lipinski definition) is 5. The zero-order valence-corrected chi connectivity index (χ0v) is 13.4. The fourth-order valence-electron chi connectivity index (χ4n) is 1.68. The first-order chi connectivity index (χ1) is 10.5. The second kappa shape index (κ2) is 9.88. The molecule has 22 heavy (non-hydrogen) atoms. The normalized spacial score (nSPS) is 10.2. The van der Waals surface area contributed by atoms with Crippen molar-refractivity contribution in [2.75, 3.05) is 13.1 Å². The summed E-state index contributed by atoms with van der Waals surface area (Å²) in [6, 6.07) is 0. The molecule has 0 saturated carbocycles. The lowest BCUT2D eigenvalue weighted by molar-refractivity contribution is -0.122. The molecule has 0 radical (unpaired) electrons. The number of aromatic nitrogens is 1. The van der Waals surface area contributed by atoms with Gasteiger partial charge in [-0.15, -0.1) is 11.3 Å². The van der Waals surface area contributed by atoms with E-state index in [2.05, 4.69) is 15.6 Å². The van der Waals surface area contributed by atoms with Crippen molar-refractivity contribution in [3.63, 3.8) is 0 Å². The molecule has 0 fully saturated rings. The van der Waals surface area contributed by atoms with Gasteiger partial charge >= 0.3 is 5.97 Å². The first-order valence-electron chi connectivity index (χ1n) is 7.24. The molecular weight excluding hydrogens is 306 g/mol. The van der Waals surface area contributed by atoms with Gasteiger partial charge in [0.2, 0.25) is 11.8 Å². The molecule has 1 rings (SSSR count). The van der Waals surface area contributed by atoms with Gasteiger partial charge in [0.15, 0.2) is 5.69 Å². The molecule has 2 amide bonds. The topological polar surface area (TPSA) is 108 Å². The minimum Gasteiger partial charge on any atom is -0.476 e. The van der Waals surface area contributed by atoms with Crippen LogP contribution < -0.4 is 10.6 Å². The summed E-state index contributed by atoms with van der Waals surface area (Å²) in [5.74, 6) is -1.19. The highest BCUT2D eigenvalue weighted by atomic mass is 32.1. The number of carbonyl (C=O) groups excluding carboxylic acids is 2. The molecule has 7 nitrogen and oxygen atoms in total. The largest absolute Gasteiger partial charge is 0.476 e. The molecule has 0 aromatic carbocycles. The average Bonchev–Trinajstić information content (AvgIpc) is 2.94. The summed E-state index contributed by atoms with van der Waals surface area (Å²) in [6.45, 7) is 3.06. The van der Waals surface area contributed by atoms with Crippen molar-refractivity contribution in [3.8, 4) is 0 Å². The molecule has 1 heterocycles. The third-order valence-corrected chi connectivity index (χ3v) is 3.72. The summed E-state index contributed by atoms with van der Waals surface area (Å²) in [6.07, 6.45) is 2.56. The van der Waals surface area contributed by atoms with Crippen LogP contribution in [0.25, 0.3) is 0 Å². The highest BCUT2D eigenvalue weighted by Gasteiger charge is 2.09. The van der Waals surface area contributed by atoms with E-state index in [4.69, 9.17) is 5.11 Å². The van der Waals surface area contributed by atoms with Crippen LogP contribution in [-0.4, -0.2) is 41.0 Å². The van der Waals surface area contributed by atoms with Crippen LogP contribution in [0.1, 0.15) is 48.1 Å². The molecule has 0 aliphatic rings. The highest BCUT2D eigenvalue weighted by molar-refractivity contribution is 7.09. The van der Waals surface area contributed by atoms with Crippen LogP contribution in [0.4, 0.5) is 0 Å². The fourth-order valence-corrected chi connectivity index (χ4v) is 2.46. The van der Waals surface area contributed by atoms with Crippen LogP contribution in [0, 0.1) is 0 Å². The van der Waals surface area contributed by atoms with E-state index in [9.17, 15) is 14.4 Å². The first-order valence-corrected chi connectivity index (χ1v) is 8.12. The number of amides is 2. The van der Waals surface area contributed by atoms with Gasteiger partial charge in [-0.3, -0.25) is 9.59 Å². The zero-order valence-electron chi connectivity index (χ0n) is 12.6. The Labute approximate surface area is 133 Å². The quantitative estimate of drug-likeness (QED) is 0.598. The molecule has 0 saturated heterocycles. The van der Waals surface area contributed by atoms with Gasteiger partial charge in [0.25, 0.3) is 0 Å². The van der Waals surface area contributed by atoms with Gasteiger partial charge in [-0.05, 0) is 12.8 Å². The SMILES string of the molecule is CCCNC(=O)CCCC(=O)NCCc1nc(C(=O)O)cs1. The van der Waals surface area contributed by atoms with Crippen LogP contribution in [0.15, 0.2) is 5.38 Å². The molecule has 1 aromatic rings. The van der Waals surface area contributed by atoms with Gasteiger partial charge in [0.05, 0.1) is 5.01 Å². The van der Waals surface area contributed by atoms with Gasteiger partial charge in [0.1, 0.15) is 0 Å². The van der Waals surface area contributed by atoms with Crippen molar-refractivity contribution >= 4 is 29.1 Å². The van der Waals surface area contributed by atoms with E-state index >= 15 is 0 Å². The van der Waals surface area contributed by atoms with Crippen molar-refractivity contribution in [3.05, 3.63) is 16.1 Å². The number of hydrogen-bond donors (Lipinski definition) is 3. The van der Waals surface area contributed by atoms with Crippen LogP contribution >= 0.6 is 11.3 Å². The molecule has 1 aromatic heterocycles. The second-order valence-electron chi connectivity index (χ2n) is 4.74. The molecule has 0 unspecified atom stereocenters. The second-order valence-corrected chi connectivity index (χ2v) is 5.68. The van der Waals surface area contributed by atoms with Gasteiger partial charge < -0.3 is 15.7 Å². The van der Waals surface area contributed by atoms with E-state index in [0.29, 0.717) is 43.8 Å². The van der Waals surface area contributed by atoms with Crippen LogP contribution in [0.3, 0.4) is 0 Å². The first kappa shape index (κ1) is 18.1. The van der Waals surface area contributed by atoms with Crippen molar-refractivity contribution < 1.29 is 19.5 Å².